The van der Waals surface area contributed by atoms with E-state index in [-0.39, 0.29) is 52.1 Å². The summed E-state index contributed by atoms with van der Waals surface area (Å²) in [5, 5.41) is 143. The number of fused-ring (bicyclic) bond motifs is 6. The molecule has 0 unspecified atom stereocenters. The van der Waals surface area contributed by atoms with Gasteiger partial charge in [-0.25, -0.2) is 0 Å². The fourth-order valence-electron chi connectivity index (χ4n) is 15.9. The van der Waals surface area contributed by atoms with Crippen molar-refractivity contribution in [2.75, 3.05) is 26.4 Å². The normalized spacial score (nSPS) is 54.9. The maximum Gasteiger partial charge on any atom is 0.187 e. The smallest absolute Gasteiger partial charge is 0.187 e. The predicted octanol–water partition coefficient (Wildman–Crippen LogP) is -0.614. The molecule has 75 heavy (non-hydrogen) atoms. The van der Waals surface area contributed by atoms with Gasteiger partial charge in [-0.3, -0.25) is 0 Å². The monoisotopic (exact) mass is 1070 g/mol. The lowest BCUT2D eigenvalue weighted by atomic mass is 9.35. The summed E-state index contributed by atoms with van der Waals surface area (Å²) in [4.78, 5) is 0. The van der Waals surface area contributed by atoms with E-state index in [1.54, 1.807) is 0 Å². The Morgan fingerprint density at radius 1 is 0.520 bits per heavy atom. The fraction of sp³-hybridized carbons (Fsp3) is 0.926. The summed E-state index contributed by atoms with van der Waals surface area (Å²) in [5.41, 5.74) is 1.21. The number of ether oxygens (including phenoxy) is 8. The third-order valence-electron chi connectivity index (χ3n) is 21.0. The van der Waals surface area contributed by atoms with Crippen molar-refractivity contribution in [1.82, 2.24) is 0 Å². The van der Waals surface area contributed by atoms with Crippen LogP contribution in [0.4, 0.5) is 0 Å². The zero-order valence-corrected chi connectivity index (χ0v) is 44.7. The first kappa shape index (κ1) is 58.3. The Balaban J connectivity index is 1.01. The van der Waals surface area contributed by atoms with E-state index in [0.29, 0.717) is 12.8 Å². The van der Waals surface area contributed by atoms with Crippen molar-refractivity contribution in [2.45, 2.75) is 242 Å². The molecule has 4 aliphatic heterocycles. The van der Waals surface area contributed by atoms with Gasteiger partial charge in [-0.15, -0.1) is 0 Å². The van der Waals surface area contributed by atoms with Crippen molar-refractivity contribution >= 4 is 0 Å². The SMILES string of the molecule is C[C@H]1O[C@@H](O[C@H]2[C@H](O)[C@@H](O)[C@H](O[C@H]3[C@@H](O)[C@@H](C)O[C@@H](O[C@H]4CC[C@@]5(C)[C@H](CC[C@]6(C)[C@@H]5C=CC5=C7CC(C)(C)CC[C@]7(CO)CC[C@]56C)[C@]4(C)CO)[C@@H]3O[C@@H]3O[C@H](CO)[C@@H](O)[C@H](O)[C@H]3O)O[C@@H]2CO)[C@H](O)[C@H](O)[C@H]1O. The van der Waals surface area contributed by atoms with Crippen molar-refractivity contribution in [3.05, 3.63) is 23.3 Å². The molecule has 0 spiro atoms. The third-order valence-corrected chi connectivity index (χ3v) is 21.0. The van der Waals surface area contributed by atoms with Crippen molar-refractivity contribution in [3.8, 4) is 0 Å². The molecule has 7 fully saturated rings. The molecule has 13 N–H and O–H groups in total. The molecule has 0 aromatic heterocycles. The van der Waals surface area contributed by atoms with Crippen LogP contribution in [0.1, 0.15) is 113 Å². The Bertz CT molecular complexity index is 2070. The number of aliphatic hydroxyl groups excluding tert-OH is 13. The highest BCUT2D eigenvalue weighted by Gasteiger charge is 2.68. The Morgan fingerprint density at radius 3 is 1.72 bits per heavy atom. The van der Waals surface area contributed by atoms with E-state index in [1.807, 2.05) is 6.92 Å². The van der Waals surface area contributed by atoms with Gasteiger partial charge in [0.25, 0.3) is 0 Å². The van der Waals surface area contributed by atoms with E-state index in [2.05, 4.69) is 46.8 Å². The van der Waals surface area contributed by atoms with E-state index < -0.39 is 148 Å². The van der Waals surface area contributed by atoms with Gasteiger partial charge in [0, 0.05) is 10.8 Å². The minimum atomic E-state index is -2.00. The van der Waals surface area contributed by atoms with Gasteiger partial charge in [0.15, 0.2) is 25.2 Å². The molecule has 21 nitrogen and oxygen atoms in total. The zero-order chi connectivity index (χ0) is 54.7. The van der Waals surface area contributed by atoms with Gasteiger partial charge in [0.1, 0.15) is 85.5 Å². The molecule has 21 heteroatoms. The second kappa shape index (κ2) is 21.2. The molecule has 0 aromatic carbocycles. The van der Waals surface area contributed by atoms with Crippen LogP contribution in [0.5, 0.6) is 0 Å². The highest BCUT2D eigenvalue weighted by Crippen LogP contribution is 2.74. The van der Waals surface area contributed by atoms with Gasteiger partial charge >= 0.3 is 0 Å². The molecule has 28 atom stereocenters. The number of hydrogen-bond acceptors (Lipinski definition) is 21. The maximum absolute atomic E-state index is 11.9. The molecule has 0 bridgehead atoms. The molecular formula is C54H88O21. The van der Waals surface area contributed by atoms with Crippen LogP contribution in [0, 0.1) is 44.3 Å². The van der Waals surface area contributed by atoms with Crippen LogP contribution >= 0.6 is 0 Å². The molecule has 3 saturated carbocycles. The summed E-state index contributed by atoms with van der Waals surface area (Å²) in [7, 11) is 0. The number of hydrogen-bond donors (Lipinski definition) is 13. The Hall–Kier alpha value is -1.36. The van der Waals surface area contributed by atoms with Crippen molar-refractivity contribution < 1.29 is 104 Å². The quantitative estimate of drug-likeness (QED) is 0.108. The first-order chi connectivity index (χ1) is 35.2. The molecule has 430 valence electrons. The standard InChI is InChI=1S/C54H88O21/c1-24-33(59)36(62)39(65)45(68-24)73-42-29(21-56)71-47(41(67)38(42)64)74-43-34(60)25(2)69-48(44(43)75-46-40(66)37(63)35(61)28(20-55)70-46)72-32-12-13-50(5)30(51(32,6)22-57)11-14-53(8)31(50)10-9-26-27-19-49(3,4)15-17-54(27,23-58)18-16-52(26,53)7/h9-10,24-25,28-48,55-67H,11-23H2,1-8H3/t24-,25-,28-,29-,30+,31-,32+,33+,34+,35-,36-,37+,38-,39-,40-,41-,42-,43+,44-,45+,46+,47+,48+,50+,51+,52-,53-,54-/m1/s1. The van der Waals surface area contributed by atoms with Crippen LogP contribution in [-0.4, -0.2) is 222 Å². The Morgan fingerprint density at radius 2 is 1.08 bits per heavy atom. The Labute approximate surface area is 439 Å². The maximum atomic E-state index is 11.9. The second-order valence-corrected chi connectivity index (χ2v) is 25.8. The molecule has 0 amide bonds. The molecule has 5 aliphatic carbocycles. The second-order valence-electron chi connectivity index (χ2n) is 25.8. The van der Waals surface area contributed by atoms with Crippen LogP contribution in [0.25, 0.3) is 0 Å². The zero-order valence-electron chi connectivity index (χ0n) is 44.7. The lowest BCUT2D eigenvalue weighted by Crippen LogP contribution is -2.68. The summed E-state index contributed by atoms with van der Waals surface area (Å²) in [6, 6.07) is 0. The first-order valence-electron chi connectivity index (χ1n) is 27.4. The first-order valence-corrected chi connectivity index (χ1v) is 27.4. The number of aliphatic hydroxyl groups is 13. The Kier molecular flexibility index (Phi) is 16.5. The molecule has 9 rings (SSSR count). The summed E-state index contributed by atoms with van der Waals surface area (Å²) in [6.07, 6.45) is -21.1. The van der Waals surface area contributed by atoms with Gasteiger partial charge in [-0.2, -0.15) is 0 Å². The topological polar surface area (TPSA) is 337 Å². The summed E-state index contributed by atoms with van der Waals surface area (Å²) >= 11 is 0. The molecule has 0 radical (unpaired) electrons. The van der Waals surface area contributed by atoms with Crippen molar-refractivity contribution in [2.24, 2.45) is 44.3 Å². The van der Waals surface area contributed by atoms with Crippen LogP contribution in [0.3, 0.4) is 0 Å². The van der Waals surface area contributed by atoms with Crippen LogP contribution in [0.15, 0.2) is 23.3 Å². The van der Waals surface area contributed by atoms with Crippen molar-refractivity contribution in [1.29, 1.82) is 0 Å². The van der Waals surface area contributed by atoms with Gasteiger partial charge in [-0.1, -0.05) is 59.3 Å². The summed E-state index contributed by atoms with van der Waals surface area (Å²) in [5.74, 6) is 0.0404. The highest BCUT2D eigenvalue weighted by molar-refractivity contribution is 5.46. The number of allylic oxidation sites excluding steroid dienone is 3. The van der Waals surface area contributed by atoms with Crippen molar-refractivity contribution in [3.63, 3.8) is 0 Å². The van der Waals surface area contributed by atoms with Crippen LogP contribution in [0.2, 0.25) is 0 Å². The van der Waals surface area contributed by atoms with E-state index >= 15 is 0 Å². The minimum absolute atomic E-state index is 0.0824. The van der Waals surface area contributed by atoms with Gasteiger partial charge in [-0.05, 0) is 111 Å². The van der Waals surface area contributed by atoms with Gasteiger partial charge in [0.2, 0.25) is 0 Å². The molecule has 4 saturated heterocycles. The molecular weight excluding hydrogens is 985 g/mol. The fourth-order valence-corrected chi connectivity index (χ4v) is 15.9. The van der Waals surface area contributed by atoms with Gasteiger partial charge < -0.3 is 104 Å². The van der Waals surface area contributed by atoms with E-state index in [1.165, 1.54) is 25.0 Å². The van der Waals surface area contributed by atoms with Crippen LogP contribution < -0.4 is 0 Å². The largest absolute Gasteiger partial charge is 0.396 e. The number of rotatable bonds is 12. The van der Waals surface area contributed by atoms with Crippen LogP contribution in [-0.2, 0) is 37.9 Å². The highest BCUT2D eigenvalue weighted by atomic mass is 16.8. The van der Waals surface area contributed by atoms with E-state index in [4.69, 9.17) is 37.9 Å². The predicted molar refractivity (Wildman–Crippen MR) is 261 cm³/mol. The average molecular weight is 1070 g/mol. The van der Waals surface area contributed by atoms with E-state index in [9.17, 15) is 66.4 Å². The lowest BCUT2D eigenvalue weighted by Gasteiger charge is -2.70. The van der Waals surface area contributed by atoms with E-state index in [0.717, 1.165) is 44.9 Å². The average Bonchev–Trinajstić information content (AvgIpc) is 3.37. The minimum Gasteiger partial charge on any atom is -0.396 e. The molecule has 9 aliphatic rings. The third kappa shape index (κ3) is 9.47. The van der Waals surface area contributed by atoms with Gasteiger partial charge in [0.05, 0.1) is 44.7 Å². The molecule has 0 aromatic rings. The lowest BCUT2D eigenvalue weighted by molar-refractivity contribution is -0.402. The molecule has 4 heterocycles. The summed E-state index contributed by atoms with van der Waals surface area (Å²) in [6.45, 7) is 15.1. The summed E-state index contributed by atoms with van der Waals surface area (Å²) < 4.78 is 49.3.